The molecule has 0 aliphatic heterocycles. The van der Waals surface area contributed by atoms with Crippen molar-refractivity contribution in [2.24, 2.45) is 0 Å². The fourth-order valence-corrected chi connectivity index (χ4v) is 2.70. The summed E-state index contributed by atoms with van der Waals surface area (Å²) in [5, 5.41) is 15.8. The Morgan fingerprint density at radius 2 is 2.04 bits per heavy atom. The lowest BCUT2D eigenvalue weighted by atomic mass is 10.1. The van der Waals surface area contributed by atoms with E-state index in [1.54, 1.807) is 13.1 Å². The zero-order valence-corrected chi connectivity index (χ0v) is 12.9. The van der Waals surface area contributed by atoms with Crippen molar-refractivity contribution in [2.75, 3.05) is 0 Å². The molecule has 6 nitrogen and oxygen atoms in total. The smallest absolute Gasteiger partial charge is 0.276 e. The first kappa shape index (κ1) is 13.9. The van der Waals surface area contributed by atoms with Crippen molar-refractivity contribution in [1.29, 1.82) is 0 Å². The molecule has 4 aromatic rings. The first-order chi connectivity index (χ1) is 11.2. The zero-order chi connectivity index (χ0) is 16.0. The van der Waals surface area contributed by atoms with Crippen LogP contribution in [0.15, 0.2) is 35.0 Å². The van der Waals surface area contributed by atoms with Crippen LogP contribution in [0.25, 0.3) is 33.4 Å². The largest absolute Gasteiger partial charge is 0.389 e. The van der Waals surface area contributed by atoms with Gasteiger partial charge in [-0.1, -0.05) is 18.1 Å². The Bertz CT molecular complexity index is 1000. The standard InChI is InChI=1S/C17H16N4O2/c1-3-16-20-17(23-21-16)14-7-12-11-6-10(9(2)22)4-5-13(11)19-15(12)8-18-14/h4-9,19,22H,3H2,1-2H3. The summed E-state index contributed by atoms with van der Waals surface area (Å²) in [6, 6.07) is 7.82. The highest BCUT2D eigenvalue weighted by atomic mass is 16.5. The molecule has 0 spiro atoms. The van der Waals surface area contributed by atoms with E-state index in [1.165, 1.54) is 0 Å². The van der Waals surface area contributed by atoms with Crippen molar-refractivity contribution in [2.45, 2.75) is 26.4 Å². The molecule has 1 aromatic carbocycles. The van der Waals surface area contributed by atoms with Gasteiger partial charge in [0, 0.05) is 22.7 Å². The highest BCUT2D eigenvalue weighted by Gasteiger charge is 2.13. The molecule has 0 aliphatic carbocycles. The maximum absolute atomic E-state index is 9.80. The van der Waals surface area contributed by atoms with E-state index in [0.29, 0.717) is 17.4 Å². The number of hydrogen-bond donors (Lipinski definition) is 2. The summed E-state index contributed by atoms with van der Waals surface area (Å²) in [7, 11) is 0. The second kappa shape index (κ2) is 5.17. The van der Waals surface area contributed by atoms with Gasteiger partial charge in [-0.15, -0.1) is 0 Å². The van der Waals surface area contributed by atoms with Crippen LogP contribution >= 0.6 is 0 Å². The number of aliphatic hydroxyl groups excluding tert-OH is 1. The van der Waals surface area contributed by atoms with Gasteiger partial charge in [-0.2, -0.15) is 4.98 Å². The van der Waals surface area contributed by atoms with E-state index >= 15 is 0 Å². The van der Waals surface area contributed by atoms with E-state index in [9.17, 15) is 5.11 Å². The molecule has 3 heterocycles. The minimum absolute atomic E-state index is 0.421. The third kappa shape index (κ3) is 2.27. The SMILES string of the molecule is CCc1noc(-c2cc3c(cn2)[nH]c2ccc(C(C)O)cc23)n1. The molecule has 0 bridgehead atoms. The number of aliphatic hydroxyl groups is 1. The maximum Gasteiger partial charge on any atom is 0.276 e. The number of nitrogens with zero attached hydrogens (tertiary/aromatic N) is 3. The number of pyridine rings is 1. The van der Waals surface area contributed by atoms with E-state index in [0.717, 1.165) is 33.8 Å². The Morgan fingerprint density at radius 3 is 2.78 bits per heavy atom. The third-order valence-corrected chi connectivity index (χ3v) is 3.99. The Morgan fingerprint density at radius 1 is 1.22 bits per heavy atom. The van der Waals surface area contributed by atoms with Gasteiger partial charge < -0.3 is 14.6 Å². The second-order valence-electron chi connectivity index (χ2n) is 5.59. The third-order valence-electron chi connectivity index (χ3n) is 3.99. The molecular formula is C17H16N4O2. The number of aryl methyl sites for hydroxylation is 1. The molecule has 0 fully saturated rings. The monoisotopic (exact) mass is 308 g/mol. The van der Waals surface area contributed by atoms with E-state index in [4.69, 9.17) is 4.52 Å². The summed E-state index contributed by atoms with van der Waals surface area (Å²) in [6.45, 7) is 3.73. The molecule has 0 amide bonds. The van der Waals surface area contributed by atoms with E-state index < -0.39 is 6.10 Å². The predicted octanol–water partition coefficient (Wildman–Crippen LogP) is 3.38. The number of H-pyrrole nitrogens is 1. The lowest BCUT2D eigenvalue weighted by Gasteiger charge is -2.04. The van der Waals surface area contributed by atoms with Crippen LogP contribution in [0.1, 0.15) is 31.3 Å². The number of hydrogen-bond acceptors (Lipinski definition) is 5. The number of aromatic amines is 1. The van der Waals surface area contributed by atoms with Crippen molar-refractivity contribution in [1.82, 2.24) is 20.1 Å². The topological polar surface area (TPSA) is 87.8 Å². The summed E-state index contributed by atoms with van der Waals surface area (Å²) < 4.78 is 5.27. The fraction of sp³-hybridized carbons (Fsp3) is 0.235. The first-order valence-electron chi connectivity index (χ1n) is 7.58. The minimum atomic E-state index is -0.506. The van der Waals surface area contributed by atoms with Gasteiger partial charge in [0.15, 0.2) is 5.82 Å². The highest BCUT2D eigenvalue weighted by Crippen LogP contribution is 2.30. The van der Waals surface area contributed by atoms with E-state index in [1.807, 2.05) is 31.2 Å². The lowest BCUT2D eigenvalue weighted by Crippen LogP contribution is -1.89. The van der Waals surface area contributed by atoms with Crippen LogP contribution < -0.4 is 0 Å². The first-order valence-corrected chi connectivity index (χ1v) is 7.58. The van der Waals surface area contributed by atoms with Crippen LogP contribution in [0.5, 0.6) is 0 Å². The normalized spacial score (nSPS) is 13.0. The minimum Gasteiger partial charge on any atom is -0.389 e. The van der Waals surface area contributed by atoms with Crippen LogP contribution in [0.3, 0.4) is 0 Å². The fourth-order valence-electron chi connectivity index (χ4n) is 2.70. The number of fused-ring (bicyclic) bond motifs is 3. The summed E-state index contributed by atoms with van der Waals surface area (Å²) in [4.78, 5) is 12.1. The molecule has 0 saturated carbocycles. The maximum atomic E-state index is 9.80. The van der Waals surface area contributed by atoms with Crippen LogP contribution in [0, 0.1) is 0 Å². The van der Waals surface area contributed by atoms with E-state index in [2.05, 4.69) is 20.1 Å². The molecule has 4 rings (SSSR count). The number of aromatic nitrogens is 4. The van der Waals surface area contributed by atoms with Gasteiger partial charge in [0.25, 0.3) is 5.89 Å². The van der Waals surface area contributed by atoms with Gasteiger partial charge in [-0.25, -0.2) is 4.98 Å². The van der Waals surface area contributed by atoms with Crippen LogP contribution in [-0.4, -0.2) is 25.2 Å². The van der Waals surface area contributed by atoms with Gasteiger partial charge in [-0.3, -0.25) is 0 Å². The van der Waals surface area contributed by atoms with E-state index in [-0.39, 0.29) is 0 Å². The zero-order valence-electron chi connectivity index (χ0n) is 12.9. The quantitative estimate of drug-likeness (QED) is 0.605. The van der Waals surface area contributed by atoms with Crippen LogP contribution in [0.2, 0.25) is 0 Å². The van der Waals surface area contributed by atoms with Gasteiger partial charge >= 0.3 is 0 Å². The molecule has 23 heavy (non-hydrogen) atoms. The Hall–Kier alpha value is -2.73. The average Bonchev–Trinajstić information content (AvgIpc) is 3.18. The molecule has 0 radical (unpaired) electrons. The number of benzene rings is 1. The van der Waals surface area contributed by atoms with Gasteiger partial charge in [-0.05, 0) is 30.7 Å². The summed E-state index contributed by atoms with van der Waals surface area (Å²) in [5.41, 5.74) is 3.46. The van der Waals surface area contributed by atoms with Crippen molar-refractivity contribution < 1.29 is 9.63 Å². The number of nitrogens with one attached hydrogen (secondary N) is 1. The molecule has 3 aromatic heterocycles. The molecule has 0 aliphatic rings. The molecule has 6 heteroatoms. The Labute approximate surface area is 132 Å². The van der Waals surface area contributed by atoms with Crippen LogP contribution in [0.4, 0.5) is 0 Å². The molecule has 1 unspecified atom stereocenters. The average molecular weight is 308 g/mol. The molecular weight excluding hydrogens is 292 g/mol. The van der Waals surface area contributed by atoms with Gasteiger partial charge in [0.1, 0.15) is 5.69 Å². The molecule has 1 atom stereocenters. The van der Waals surface area contributed by atoms with Crippen molar-refractivity contribution >= 4 is 21.8 Å². The van der Waals surface area contributed by atoms with Crippen molar-refractivity contribution in [3.8, 4) is 11.6 Å². The molecule has 116 valence electrons. The summed E-state index contributed by atoms with van der Waals surface area (Å²) in [5.74, 6) is 1.09. The van der Waals surface area contributed by atoms with Crippen molar-refractivity contribution in [3.63, 3.8) is 0 Å². The lowest BCUT2D eigenvalue weighted by molar-refractivity contribution is 0.199. The summed E-state index contributed by atoms with van der Waals surface area (Å²) in [6.07, 6.45) is 1.98. The second-order valence-corrected chi connectivity index (χ2v) is 5.59. The van der Waals surface area contributed by atoms with Crippen LogP contribution in [-0.2, 0) is 6.42 Å². The van der Waals surface area contributed by atoms with Crippen molar-refractivity contribution in [3.05, 3.63) is 41.9 Å². The highest BCUT2D eigenvalue weighted by molar-refractivity contribution is 6.08. The molecule has 2 N–H and O–H groups in total. The Balaban J connectivity index is 1.92. The van der Waals surface area contributed by atoms with Gasteiger partial charge in [0.05, 0.1) is 17.8 Å². The predicted molar refractivity (Wildman–Crippen MR) is 86.9 cm³/mol. The summed E-state index contributed by atoms with van der Waals surface area (Å²) >= 11 is 0. The van der Waals surface area contributed by atoms with Gasteiger partial charge in [0.2, 0.25) is 0 Å². The Kier molecular flexibility index (Phi) is 3.12. The number of rotatable bonds is 3. The molecule has 0 saturated heterocycles.